The molecule has 0 radical (unpaired) electrons. The Morgan fingerprint density at radius 1 is 1.31 bits per heavy atom. The third kappa shape index (κ3) is 3.13. The van der Waals surface area contributed by atoms with Crippen LogP contribution in [0.4, 0.5) is 0 Å². The van der Waals surface area contributed by atoms with Gasteiger partial charge in [-0.15, -0.1) is 0 Å². The summed E-state index contributed by atoms with van der Waals surface area (Å²) in [6, 6.07) is 6.40. The van der Waals surface area contributed by atoms with Gasteiger partial charge in [0.25, 0.3) is 5.91 Å². The predicted molar refractivity (Wildman–Crippen MR) is 90.8 cm³/mol. The van der Waals surface area contributed by atoms with Gasteiger partial charge in [-0.3, -0.25) is 9.78 Å². The first-order valence-electron chi connectivity index (χ1n) is 8.39. The van der Waals surface area contributed by atoms with Gasteiger partial charge in [0, 0.05) is 43.9 Å². The molecule has 2 aliphatic heterocycles. The van der Waals surface area contributed by atoms with Crippen LogP contribution in [0, 0.1) is 11.8 Å². The van der Waals surface area contributed by atoms with E-state index in [2.05, 4.69) is 10.3 Å². The number of rotatable bonds is 5. The number of fused-ring (bicyclic) bond motifs is 1. The lowest BCUT2D eigenvalue weighted by molar-refractivity contribution is 0.0907. The summed E-state index contributed by atoms with van der Waals surface area (Å²) in [5.74, 6) is 0.0929. The standard InChI is InChI=1S/C17H19N3O5S/c21-17(15-4-2-6-24-15)19-7-12-11-25-16-10-20(9-14(12)16)26(22,23)13-3-1-5-18-8-13/h1-6,8,12,14,16H,7,9-11H2,(H,19,21)/t12-,14+,16+/m0/s1. The van der Waals surface area contributed by atoms with Gasteiger partial charge in [-0.05, 0) is 24.3 Å². The molecule has 0 bridgehead atoms. The number of furan rings is 1. The zero-order valence-electron chi connectivity index (χ0n) is 13.9. The molecule has 9 heteroatoms. The normalized spacial score (nSPS) is 25.9. The fourth-order valence-electron chi connectivity index (χ4n) is 3.54. The quantitative estimate of drug-likeness (QED) is 0.825. The Kier molecular flexibility index (Phi) is 4.51. The zero-order chi connectivity index (χ0) is 18.1. The number of carbonyl (C=O) groups is 1. The molecule has 1 N–H and O–H groups in total. The molecule has 0 aromatic carbocycles. The average molecular weight is 377 g/mol. The first-order chi connectivity index (χ1) is 12.6. The Morgan fingerprint density at radius 2 is 2.19 bits per heavy atom. The number of amides is 1. The SMILES string of the molecule is O=C(NC[C@H]1CO[C@@H]2CN(S(=O)(=O)c3cccnc3)C[C@H]12)c1ccco1. The molecule has 4 heterocycles. The zero-order valence-corrected chi connectivity index (χ0v) is 14.8. The van der Waals surface area contributed by atoms with Crippen molar-refractivity contribution in [3.63, 3.8) is 0 Å². The van der Waals surface area contributed by atoms with Crippen LogP contribution < -0.4 is 5.32 Å². The molecule has 26 heavy (non-hydrogen) atoms. The molecule has 2 aliphatic rings. The number of sulfonamides is 1. The Labute approximate surface area is 151 Å². The van der Waals surface area contributed by atoms with Gasteiger partial charge in [0.15, 0.2) is 5.76 Å². The Hall–Kier alpha value is -2.23. The van der Waals surface area contributed by atoms with Crippen molar-refractivity contribution in [2.45, 2.75) is 11.0 Å². The van der Waals surface area contributed by atoms with Crippen LogP contribution in [0.2, 0.25) is 0 Å². The number of carbonyl (C=O) groups excluding carboxylic acids is 1. The molecule has 2 fully saturated rings. The van der Waals surface area contributed by atoms with E-state index >= 15 is 0 Å². The minimum Gasteiger partial charge on any atom is -0.459 e. The van der Waals surface area contributed by atoms with E-state index in [1.165, 1.54) is 16.8 Å². The third-order valence-electron chi connectivity index (χ3n) is 4.95. The molecule has 138 valence electrons. The summed E-state index contributed by atoms with van der Waals surface area (Å²) in [5, 5.41) is 2.83. The van der Waals surface area contributed by atoms with Crippen molar-refractivity contribution in [3.05, 3.63) is 48.7 Å². The van der Waals surface area contributed by atoms with E-state index in [0.29, 0.717) is 26.2 Å². The second-order valence-electron chi connectivity index (χ2n) is 6.49. The van der Waals surface area contributed by atoms with E-state index in [1.807, 2.05) is 0 Å². The van der Waals surface area contributed by atoms with Crippen molar-refractivity contribution >= 4 is 15.9 Å². The molecular weight excluding hydrogens is 358 g/mol. The van der Waals surface area contributed by atoms with Crippen LogP contribution in [-0.2, 0) is 14.8 Å². The largest absolute Gasteiger partial charge is 0.459 e. The highest BCUT2D eigenvalue weighted by atomic mass is 32.2. The maximum Gasteiger partial charge on any atom is 0.286 e. The average Bonchev–Trinajstić information content (AvgIpc) is 3.37. The monoisotopic (exact) mass is 377 g/mol. The molecule has 2 saturated heterocycles. The van der Waals surface area contributed by atoms with E-state index in [1.54, 1.807) is 30.5 Å². The molecule has 0 aliphatic carbocycles. The van der Waals surface area contributed by atoms with Crippen LogP contribution in [0.25, 0.3) is 0 Å². The number of hydrogen-bond donors (Lipinski definition) is 1. The molecule has 2 aromatic heterocycles. The number of nitrogens with zero attached hydrogens (tertiary/aromatic N) is 2. The molecule has 0 spiro atoms. The van der Waals surface area contributed by atoms with E-state index in [-0.39, 0.29) is 34.5 Å². The van der Waals surface area contributed by atoms with Crippen LogP contribution in [-0.4, -0.2) is 56.0 Å². The van der Waals surface area contributed by atoms with Crippen molar-refractivity contribution in [2.75, 3.05) is 26.2 Å². The molecule has 1 amide bonds. The highest BCUT2D eigenvalue weighted by molar-refractivity contribution is 7.89. The lowest BCUT2D eigenvalue weighted by Gasteiger charge is -2.19. The Bertz CT molecular complexity index is 869. The fourth-order valence-corrected chi connectivity index (χ4v) is 4.99. The van der Waals surface area contributed by atoms with Gasteiger partial charge in [-0.1, -0.05) is 0 Å². The van der Waals surface area contributed by atoms with E-state index < -0.39 is 10.0 Å². The first kappa shape index (κ1) is 17.2. The van der Waals surface area contributed by atoms with Crippen LogP contribution in [0.15, 0.2) is 52.2 Å². The van der Waals surface area contributed by atoms with Crippen LogP contribution in [0.3, 0.4) is 0 Å². The molecule has 0 unspecified atom stereocenters. The fraction of sp³-hybridized carbons (Fsp3) is 0.412. The lowest BCUT2D eigenvalue weighted by Crippen LogP contribution is -2.35. The van der Waals surface area contributed by atoms with Crippen molar-refractivity contribution in [3.8, 4) is 0 Å². The predicted octanol–water partition coefficient (Wildman–Crippen LogP) is 0.740. The van der Waals surface area contributed by atoms with E-state index in [0.717, 1.165) is 0 Å². The second-order valence-corrected chi connectivity index (χ2v) is 8.43. The van der Waals surface area contributed by atoms with Crippen molar-refractivity contribution in [1.82, 2.24) is 14.6 Å². The summed E-state index contributed by atoms with van der Waals surface area (Å²) in [7, 11) is -3.58. The van der Waals surface area contributed by atoms with Crippen LogP contribution >= 0.6 is 0 Å². The Balaban J connectivity index is 1.40. The second kappa shape index (κ2) is 6.82. The molecular formula is C17H19N3O5S. The topological polar surface area (TPSA) is 102 Å². The maximum atomic E-state index is 12.7. The molecule has 0 saturated carbocycles. The molecule has 4 rings (SSSR count). The Morgan fingerprint density at radius 3 is 2.92 bits per heavy atom. The van der Waals surface area contributed by atoms with Gasteiger partial charge < -0.3 is 14.5 Å². The summed E-state index contributed by atoms with van der Waals surface area (Å²) in [6.07, 6.45) is 4.19. The van der Waals surface area contributed by atoms with Gasteiger partial charge in [0.1, 0.15) is 4.90 Å². The summed E-state index contributed by atoms with van der Waals surface area (Å²) in [4.78, 5) is 16.1. The first-order valence-corrected chi connectivity index (χ1v) is 9.83. The van der Waals surface area contributed by atoms with Gasteiger partial charge in [-0.2, -0.15) is 4.31 Å². The molecule has 3 atom stereocenters. The summed E-state index contributed by atoms with van der Waals surface area (Å²) in [6.45, 7) is 1.63. The lowest BCUT2D eigenvalue weighted by atomic mass is 9.93. The van der Waals surface area contributed by atoms with E-state index in [9.17, 15) is 13.2 Å². The minimum atomic E-state index is -3.58. The molecule has 2 aromatic rings. The summed E-state index contributed by atoms with van der Waals surface area (Å²) in [5.41, 5.74) is 0. The number of aromatic nitrogens is 1. The summed E-state index contributed by atoms with van der Waals surface area (Å²) < 4.78 is 37.8. The van der Waals surface area contributed by atoms with Crippen molar-refractivity contribution in [2.24, 2.45) is 11.8 Å². The number of nitrogens with one attached hydrogen (secondary N) is 1. The van der Waals surface area contributed by atoms with Crippen molar-refractivity contribution in [1.29, 1.82) is 0 Å². The smallest absolute Gasteiger partial charge is 0.286 e. The van der Waals surface area contributed by atoms with Crippen LogP contribution in [0.5, 0.6) is 0 Å². The van der Waals surface area contributed by atoms with Gasteiger partial charge in [0.05, 0.1) is 19.0 Å². The number of pyridine rings is 1. The highest BCUT2D eigenvalue weighted by Crippen LogP contribution is 2.35. The summed E-state index contributed by atoms with van der Waals surface area (Å²) >= 11 is 0. The van der Waals surface area contributed by atoms with Gasteiger partial charge >= 0.3 is 0 Å². The molecule has 8 nitrogen and oxygen atoms in total. The highest BCUT2D eigenvalue weighted by Gasteiger charge is 2.47. The number of ether oxygens (including phenoxy) is 1. The van der Waals surface area contributed by atoms with Crippen LogP contribution in [0.1, 0.15) is 10.6 Å². The van der Waals surface area contributed by atoms with Gasteiger partial charge in [-0.25, -0.2) is 8.42 Å². The third-order valence-corrected chi connectivity index (χ3v) is 6.76. The van der Waals surface area contributed by atoms with Gasteiger partial charge in [0.2, 0.25) is 10.0 Å². The number of hydrogen-bond acceptors (Lipinski definition) is 6. The van der Waals surface area contributed by atoms with E-state index in [4.69, 9.17) is 9.15 Å². The minimum absolute atomic E-state index is 0.0540. The maximum absolute atomic E-state index is 12.7. The van der Waals surface area contributed by atoms with Crippen molar-refractivity contribution < 1.29 is 22.4 Å².